The second-order valence-electron chi connectivity index (χ2n) is 6.50. The molecule has 154 valence electrons. The van der Waals surface area contributed by atoms with E-state index in [9.17, 15) is 4.79 Å². The van der Waals surface area contributed by atoms with Gasteiger partial charge in [-0.3, -0.25) is 0 Å². The van der Waals surface area contributed by atoms with Crippen molar-refractivity contribution in [1.82, 2.24) is 19.6 Å². The van der Waals surface area contributed by atoms with Crippen molar-refractivity contribution in [2.24, 2.45) is 0 Å². The van der Waals surface area contributed by atoms with Gasteiger partial charge in [-0.25, -0.2) is 9.97 Å². The molecule has 0 bridgehead atoms. The standard InChI is InChI=1S/C21H21N5O4/c1-28-16-8-7-14(11-18(16)29-2)12-22-21-23-13-15(5-3-9-27)20-24-19(25-26(20)21)17-6-4-10-30-17/h4,6-11,13H,3,5,12H2,1-2H3,(H,22,23). The van der Waals surface area contributed by atoms with Crippen LogP contribution in [0.1, 0.15) is 17.5 Å². The van der Waals surface area contributed by atoms with Crippen LogP contribution in [-0.4, -0.2) is 40.1 Å². The molecule has 0 saturated heterocycles. The number of nitrogens with zero attached hydrogens (tertiary/aromatic N) is 4. The molecule has 4 aromatic rings. The first-order valence-corrected chi connectivity index (χ1v) is 9.40. The van der Waals surface area contributed by atoms with E-state index in [2.05, 4.69) is 20.4 Å². The number of hydrogen-bond donors (Lipinski definition) is 1. The molecular formula is C21H21N5O4. The average Bonchev–Trinajstić information content (AvgIpc) is 3.46. The second-order valence-corrected chi connectivity index (χ2v) is 6.50. The third kappa shape index (κ3) is 3.82. The third-order valence-corrected chi connectivity index (χ3v) is 4.61. The SMILES string of the molecule is COc1ccc(CNc2ncc(CCC=O)c3nc(-c4ccco4)nn23)cc1OC. The molecule has 9 heteroatoms. The molecular weight excluding hydrogens is 386 g/mol. The number of fused-ring (bicyclic) bond motifs is 1. The third-order valence-electron chi connectivity index (χ3n) is 4.61. The molecule has 0 aliphatic heterocycles. The highest BCUT2D eigenvalue weighted by Crippen LogP contribution is 2.28. The maximum absolute atomic E-state index is 10.8. The summed E-state index contributed by atoms with van der Waals surface area (Å²) in [5, 5.41) is 7.84. The van der Waals surface area contributed by atoms with Gasteiger partial charge in [0.1, 0.15) is 6.29 Å². The zero-order chi connectivity index (χ0) is 20.9. The number of anilines is 1. The Labute approximate surface area is 172 Å². The Morgan fingerprint density at radius 1 is 1.20 bits per heavy atom. The summed E-state index contributed by atoms with van der Waals surface area (Å²) in [6, 6.07) is 9.27. The lowest BCUT2D eigenvalue weighted by molar-refractivity contribution is -0.107. The number of carbonyl (C=O) groups excluding carboxylic acids is 1. The molecule has 0 fully saturated rings. The van der Waals surface area contributed by atoms with E-state index in [0.29, 0.717) is 54.1 Å². The van der Waals surface area contributed by atoms with Crippen LogP contribution in [0.3, 0.4) is 0 Å². The van der Waals surface area contributed by atoms with Crippen LogP contribution in [0.15, 0.2) is 47.2 Å². The van der Waals surface area contributed by atoms with Gasteiger partial charge in [-0.15, -0.1) is 5.10 Å². The predicted molar refractivity (Wildman–Crippen MR) is 110 cm³/mol. The molecule has 1 aromatic carbocycles. The predicted octanol–water partition coefficient (Wildman–Crippen LogP) is 3.15. The molecule has 30 heavy (non-hydrogen) atoms. The molecule has 0 aliphatic carbocycles. The minimum atomic E-state index is 0.388. The fourth-order valence-corrected chi connectivity index (χ4v) is 3.11. The largest absolute Gasteiger partial charge is 0.493 e. The van der Waals surface area contributed by atoms with Crippen LogP contribution in [0.2, 0.25) is 0 Å². The van der Waals surface area contributed by atoms with E-state index < -0.39 is 0 Å². The highest BCUT2D eigenvalue weighted by molar-refractivity contribution is 5.59. The number of ether oxygens (including phenoxy) is 2. The summed E-state index contributed by atoms with van der Waals surface area (Å²) in [6.07, 6.45) is 5.09. The summed E-state index contributed by atoms with van der Waals surface area (Å²) in [6.45, 7) is 0.492. The summed E-state index contributed by atoms with van der Waals surface area (Å²) in [7, 11) is 3.20. The number of aryl methyl sites for hydroxylation is 1. The topological polar surface area (TPSA) is 104 Å². The Morgan fingerprint density at radius 2 is 2.07 bits per heavy atom. The lowest BCUT2D eigenvalue weighted by atomic mass is 10.2. The first kappa shape index (κ1) is 19.4. The van der Waals surface area contributed by atoms with E-state index in [-0.39, 0.29) is 0 Å². The van der Waals surface area contributed by atoms with Crippen LogP contribution in [0, 0.1) is 0 Å². The van der Waals surface area contributed by atoms with Gasteiger partial charge in [0.05, 0.1) is 20.5 Å². The quantitative estimate of drug-likeness (QED) is 0.422. The molecule has 0 unspecified atom stereocenters. The monoisotopic (exact) mass is 407 g/mol. The smallest absolute Gasteiger partial charge is 0.226 e. The highest BCUT2D eigenvalue weighted by Gasteiger charge is 2.16. The van der Waals surface area contributed by atoms with Gasteiger partial charge in [0.15, 0.2) is 22.9 Å². The Hall–Kier alpha value is -3.88. The molecule has 0 spiro atoms. The Balaban J connectivity index is 1.66. The van der Waals surface area contributed by atoms with Crippen LogP contribution in [-0.2, 0) is 17.8 Å². The van der Waals surface area contributed by atoms with Crippen LogP contribution < -0.4 is 14.8 Å². The summed E-state index contributed by atoms with van der Waals surface area (Å²) >= 11 is 0. The molecule has 0 radical (unpaired) electrons. The van der Waals surface area contributed by atoms with Gasteiger partial charge < -0.3 is 24.0 Å². The minimum Gasteiger partial charge on any atom is -0.493 e. The zero-order valence-corrected chi connectivity index (χ0v) is 16.7. The Morgan fingerprint density at radius 3 is 2.80 bits per heavy atom. The molecule has 9 nitrogen and oxygen atoms in total. The zero-order valence-electron chi connectivity index (χ0n) is 16.7. The van der Waals surface area contributed by atoms with Crippen LogP contribution in [0.25, 0.3) is 17.2 Å². The lowest BCUT2D eigenvalue weighted by Gasteiger charge is -2.11. The van der Waals surface area contributed by atoms with Gasteiger partial charge in [0.25, 0.3) is 0 Å². The van der Waals surface area contributed by atoms with E-state index in [1.54, 1.807) is 43.3 Å². The highest BCUT2D eigenvalue weighted by atomic mass is 16.5. The van der Waals surface area contributed by atoms with E-state index >= 15 is 0 Å². The van der Waals surface area contributed by atoms with Gasteiger partial charge >= 0.3 is 0 Å². The summed E-state index contributed by atoms with van der Waals surface area (Å²) in [5.41, 5.74) is 2.45. The molecule has 0 amide bonds. The fourth-order valence-electron chi connectivity index (χ4n) is 3.11. The van der Waals surface area contributed by atoms with E-state index in [1.807, 2.05) is 18.2 Å². The molecule has 3 heterocycles. The van der Waals surface area contributed by atoms with Gasteiger partial charge in [-0.1, -0.05) is 6.07 Å². The van der Waals surface area contributed by atoms with Gasteiger partial charge in [-0.2, -0.15) is 4.52 Å². The number of furan rings is 1. The first-order valence-electron chi connectivity index (χ1n) is 9.40. The molecule has 0 aliphatic rings. The summed E-state index contributed by atoms with van der Waals surface area (Å²) in [4.78, 5) is 19.9. The number of aldehydes is 1. The van der Waals surface area contributed by atoms with E-state index in [4.69, 9.17) is 13.9 Å². The average molecular weight is 407 g/mol. The van der Waals surface area contributed by atoms with Crippen LogP contribution in [0.5, 0.6) is 11.5 Å². The minimum absolute atomic E-state index is 0.388. The number of benzene rings is 1. The molecule has 0 atom stereocenters. The Kier molecular flexibility index (Phi) is 5.60. The van der Waals surface area contributed by atoms with Gasteiger partial charge in [-0.05, 0) is 36.2 Å². The van der Waals surface area contributed by atoms with Crippen molar-refractivity contribution < 1.29 is 18.7 Å². The number of aromatic nitrogens is 4. The second kappa shape index (κ2) is 8.64. The van der Waals surface area contributed by atoms with Crippen molar-refractivity contribution >= 4 is 17.9 Å². The van der Waals surface area contributed by atoms with Crippen LogP contribution in [0.4, 0.5) is 5.95 Å². The molecule has 1 N–H and O–H groups in total. The Bertz CT molecular complexity index is 1150. The van der Waals surface area contributed by atoms with Crippen molar-refractivity contribution in [2.75, 3.05) is 19.5 Å². The summed E-state index contributed by atoms with van der Waals surface area (Å²) in [5.74, 6) is 2.86. The molecule has 0 saturated carbocycles. The van der Waals surface area contributed by atoms with E-state index in [0.717, 1.165) is 17.4 Å². The number of nitrogens with one attached hydrogen (secondary N) is 1. The number of methoxy groups -OCH3 is 2. The fraction of sp³-hybridized carbons (Fsp3) is 0.238. The lowest BCUT2D eigenvalue weighted by Crippen LogP contribution is -2.09. The van der Waals surface area contributed by atoms with Crippen molar-refractivity contribution in [3.05, 3.63) is 53.9 Å². The number of rotatable bonds is 9. The molecule has 4 rings (SSSR count). The molecule has 3 aromatic heterocycles. The number of carbonyl (C=O) groups is 1. The van der Waals surface area contributed by atoms with Crippen molar-refractivity contribution in [3.8, 4) is 23.1 Å². The van der Waals surface area contributed by atoms with Crippen molar-refractivity contribution in [1.29, 1.82) is 0 Å². The normalized spacial score (nSPS) is 10.9. The first-order chi connectivity index (χ1) is 14.7. The van der Waals surface area contributed by atoms with E-state index in [1.165, 1.54) is 0 Å². The number of hydrogen-bond acceptors (Lipinski definition) is 8. The maximum atomic E-state index is 10.8. The summed E-state index contributed by atoms with van der Waals surface area (Å²) < 4.78 is 17.7. The maximum Gasteiger partial charge on any atom is 0.226 e. The van der Waals surface area contributed by atoms with Crippen LogP contribution >= 0.6 is 0 Å². The van der Waals surface area contributed by atoms with Crippen molar-refractivity contribution in [3.63, 3.8) is 0 Å². The van der Waals surface area contributed by atoms with Crippen molar-refractivity contribution in [2.45, 2.75) is 19.4 Å². The van der Waals surface area contributed by atoms with Gasteiger partial charge in [0.2, 0.25) is 11.8 Å². The van der Waals surface area contributed by atoms with Gasteiger partial charge in [0, 0.05) is 24.7 Å².